The van der Waals surface area contributed by atoms with E-state index >= 15 is 0 Å². The molecular formula is H2KO6S4+. The van der Waals surface area contributed by atoms with Crippen LogP contribution in [0.2, 0.25) is 0 Å². The van der Waals surface area contributed by atoms with Crippen molar-refractivity contribution < 1.29 is 77.3 Å². The van der Waals surface area contributed by atoms with Gasteiger partial charge in [0, 0.05) is 0 Å². The van der Waals surface area contributed by atoms with E-state index in [0.29, 0.717) is 0 Å². The summed E-state index contributed by atoms with van der Waals surface area (Å²) in [5.41, 5.74) is 0. The van der Waals surface area contributed by atoms with Gasteiger partial charge in [0.25, 0.3) is 0 Å². The minimum Gasteiger partial charge on any atom is -0.277 e. The molecule has 11 heavy (non-hydrogen) atoms. The molecule has 0 aromatic carbocycles. The Morgan fingerprint density at radius 2 is 1.00 bits per heavy atom. The van der Waals surface area contributed by atoms with Gasteiger partial charge in [-0.3, -0.25) is 9.11 Å². The van der Waals surface area contributed by atoms with E-state index < -0.39 is 18.3 Å². The number of hydrogen-bond acceptors (Lipinski definition) is 6. The Labute approximate surface area is 113 Å². The van der Waals surface area contributed by atoms with Crippen LogP contribution in [0, 0.1) is 0 Å². The first-order chi connectivity index (χ1) is 4.21. The second-order valence-electron chi connectivity index (χ2n) is 0.992. The molecule has 0 saturated heterocycles. The van der Waals surface area contributed by atoms with Gasteiger partial charge in [0.1, 0.15) is 0 Å². The van der Waals surface area contributed by atoms with E-state index in [-0.39, 0.29) is 71.0 Å². The smallest absolute Gasteiger partial charge is 0.277 e. The van der Waals surface area contributed by atoms with E-state index in [0.717, 1.165) is 0 Å². The third kappa shape index (κ3) is 15.0. The van der Waals surface area contributed by atoms with Crippen molar-refractivity contribution in [1.29, 1.82) is 0 Å². The average Bonchev–Trinajstić information content (AvgIpc) is 1.57. The first kappa shape index (κ1) is 15.6. The average molecular weight is 265 g/mol. The Balaban J connectivity index is 0. The fourth-order valence-corrected chi connectivity index (χ4v) is 5.69. The van der Waals surface area contributed by atoms with E-state index in [1.54, 1.807) is 0 Å². The minimum absolute atomic E-state index is 0. The van der Waals surface area contributed by atoms with Gasteiger partial charge in [-0.25, -0.2) is 0 Å². The maximum absolute atomic E-state index is 9.80. The van der Waals surface area contributed by atoms with Gasteiger partial charge in [0.05, 0.1) is 19.7 Å². The molecule has 0 aromatic rings. The van der Waals surface area contributed by atoms with Gasteiger partial charge in [-0.1, -0.05) is 0 Å². The zero-order valence-corrected chi connectivity index (χ0v) is 11.5. The van der Waals surface area contributed by atoms with Crippen molar-refractivity contribution in [1.82, 2.24) is 0 Å². The van der Waals surface area contributed by atoms with E-state index in [4.69, 9.17) is 9.11 Å². The molecule has 0 radical (unpaired) electrons. The van der Waals surface area contributed by atoms with Crippen LogP contribution in [0.15, 0.2) is 0 Å². The Kier molecular flexibility index (Phi) is 8.23. The number of hydrogen-bond donors (Lipinski definition) is 2. The van der Waals surface area contributed by atoms with E-state index in [1.165, 1.54) is 0 Å². The molecule has 6 nitrogen and oxygen atoms in total. The minimum atomic E-state index is -4.42. The molecule has 0 aromatic heterocycles. The molecule has 0 unspecified atom stereocenters. The fourth-order valence-electron chi connectivity index (χ4n) is 0.0702. The van der Waals surface area contributed by atoms with Crippen LogP contribution in [0.5, 0.6) is 0 Å². The summed E-state index contributed by atoms with van der Waals surface area (Å²) in [7, 11) is -9.54. The van der Waals surface area contributed by atoms with Crippen molar-refractivity contribution in [3.63, 3.8) is 0 Å². The van der Waals surface area contributed by atoms with Crippen LogP contribution in [0.1, 0.15) is 0 Å². The van der Waals surface area contributed by atoms with Crippen molar-refractivity contribution >= 4 is 38.0 Å². The van der Waals surface area contributed by atoms with Gasteiger partial charge in [-0.2, -0.15) is 16.8 Å². The standard InChI is InChI=1S/K.H2O6S4/c;1-9(2,3)7-8-10(4,5)6/h;(H,1,2,3)(H,4,5,6)/q+1;. The molecule has 2 N–H and O–H groups in total. The zero-order valence-electron chi connectivity index (χ0n) is 5.16. The van der Waals surface area contributed by atoms with Crippen molar-refractivity contribution in [3.05, 3.63) is 0 Å². The summed E-state index contributed by atoms with van der Waals surface area (Å²) >= 11 is 0. The predicted octanol–water partition coefficient (Wildman–Crippen LogP) is -3.02. The summed E-state index contributed by atoms with van der Waals surface area (Å²) in [5, 5.41) is 0. The molecule has 0 atom stereocenters. The van der Waals surface area contributed by atoms with Crippen molar-refractivity contribution in [2.24, 2.45) is 0 Å². The maximum atomic E-state index is 9.80. The first-order valence-electron chi connectivity index (χ1n) is 1.53. The van der Waals surface area contributed by atoms with Crippen LogP contribution in [-0.4, -0.2) is 25.9 Å². The molecule has 0 amide bonds. The van der Waals surface area contributed by atoms with Crippen LogP contribution in [0.4, 0.5) is 0 Å². The van der Waals surface area contributed by atoms with Crippen LogP contribution < -0.4 is 51.4 Å². The van der Waals surface area contributed by atoms with Crippen LogP contribution in [-0.2, 0) is 18.3 Å². The summed E-state index contributed by atoms with van der Waals surface area (Å²) in [6.45, 7) is 0. The van der Waals surface area contributed by atoms with Gasteiger partial charge >= 0.3 is 69.7 Å². The normalized spacial score (nSPS) is 12.2. The Morgan fingerprint density at radius 3 is 1.09 bits per heavy atom. The van der Waals surface area contributed by atoms with E-state index in [9.17, 15) is 16.8 Å². The molecule has 0 aliphatic heterocycles. The molecule has 0 aliphatic carbocycles. The molecular weight excluding hydrogens is 263 g/mol. The molecule has 0 rings (SSSR count). The molecule has 0 saturated carbocycles. The fraction of sp³-hybridized carbons (Fsp3) is 0. The predicted molar refractivity (Wildman–Crippen MR) is 38.3 cm³/mol. The third-order valence-electron chi connectivity index (χ3n) is 0.200. The van der Waals surface area contributed by atoms with E-state index in [2.05, 4.69) is 0 Å². The van der Waals surface area contributed by atoms with Gasteiger partial charge in [-0.15, -0.1) is 0 Å². The SMILES string of the molecule is O=S(=O)(O)SSS(=O)(=O)O.[K+]. The van der Waals surface area contributed by atoms with Gasteiger partial charge in [0.15, 0.2) is 0 Å². The first-order valence-corrected chi connectivity index (χ1v) is 7.60. The Hall–Kier alpha value is 2.16. The van der Waals surface area contributed by atoms with E-state index in [1.807, 2.05) is 0 Å². The molecule has 0 aliphatic rings. The summed E-state index contributed by atoms with van der Waals surface area (Å²) < 4.78 is 55.0. The quantitative estimate of drug-likeness (QED) is 0.315. The van der Waals surface area contributed by atoms with Crippen LogP contribution in [0.3, 0.4) is 0 Å². The summed E-state index contributed by atoms with van der Waals surface area (Å²) in [5.74, 6) is 0. The third-order valence-corrected chi connectivity index (χ3v) is 6.89. The van der Waals surface area contributed by atoms with Crippen molar-refractivity contribution in [2.45, 2.75) is 0 Å². The van der Waals surface area contributed by atoms with Gasteiger partial charge < -0.3 is 0 Å². The second kappa shape index (κ2) is 5.80. The molecule has 0 bridgehead atoms. The second-order valence-corrected chi connectivity index (χ2v) is 8.77. The molecule has 0 heterocycles. The van der Waals surface area contributed by atoms with Gasteiger partial charge in [0.2, 0.25) is 0 Å². The van der Waals surface area contributed by atoms with Gasteiger partial charge in [-0.05, 0) is 0 Å². The number of rotatable bonds is 3. The van der Waals surface area contributed by atoms with Crippen molar-refractivity contribution in [2.75, 3.05) is 0 Å². The maximum Gasteiger partial charge on any atom is 1.00 e. The molecule has 11 heteroatoms. The largest absolute Gasteiger partial charge is 1.00 e. The zero-order chi connectivity index (χ0) is 8.41. The summed E-state index contributed by atoms with van der Waals surface area (Å²) in [6, 6.07) is 0. The molecule has 62 valence electrons. The molecule has 0 fully saturated rings. The van der Waals surface area contributed by atoms with Crippen LogP contribution >= 0.6 is 19.7 Å². The molecule has 0 spiro atoms. The van der Waals surface area contributed by atoms with Crippen LogP contribution in [0.25, 0.3) is 0 Å². The monoisotopic (exact) mass is 265 g/mol. The summed E-state index contributed by atoms with van der Waals surface area (Å²) in [4.78, 5) is 0. The summed E-state index contributed by atoms with van der Waals surface area (Å²) in [6.07, 6.45) is 0. The topological polar surface area (TPSA) is 109 Å². The van der Waals surface area contributed by atoms with Crippen molar-refractivity contribution in [3.8, 4) is 0 Å². The Morgan fingerprint density at radius 1 is 0.818 bits per heavy atom. The Bertz CT molecular complexity index is 251.